The Balaban J connectivity index is 0.937. The monoisotopic (exact) mass is 1530 g/mol. The number of hydrogen-bond acceptors (Lipinski definition) is 2. The normalized spacial score (nSPS) is 13.7. The van der Waals surface area contributed by atoms with Crippen molar-refractivity contribution in [2.75, 3.05) is 9.80 Å². The van der Waals surface area contributed by atoms with E-state index in [9.17, 15) is 8.22 Å². The first-order valence-corrected chi connectivity index (χ1v) is 41.7. The van der Waals surface area contributed by atoms with Crippen LogP contribution in [0.4, 0.5) is 34.1 Å². The summed E-state index contributed by atoms with van der Waals surface area (Å²) >= 11 is 0. The minimum atomic E-state index is -1.10. The van der Waals surface area contributed by atoms with Gasteiger partial charge in [-0.05, 0) is 213 Å². The molecule has 0 amide bonds. The second-order valence-electron chi connectivity index (χ2n) is 35.8. The predicted octanol–water partition coefficient (Wildman–Crippen LogP) is 29.3. The van der Waals surface area contributed by atoms with Gasteiger partial charge in [0.25, 0.3) is 6.71 Å². The van der Waals surface area contributed by atoms with Crippen LogP contribution in [0.1, 0.15) is 87.2 Å². The van der Waals surface area contributed by atoms with Crippen molar-refractivity contribution in [3.63, 3.8) is 0 Å². The van der Waals surface area contributed by atoms with Crippen LogP contribution in [0, 0.1) is 0 Å². The first-order chi connectivity index (χ1) is 60.5. The summed E-state index contributed by atoms with van der Waals surface area (Å²) in [5.74, 6) is 0. The van der Waals surface area contributed by atoms with Crippen LogP contribution in [-0.2, 0) is 16.2 Å². The zero-order chi connectivity index (χ0) is 85.3. The fourth-order valence-corrected chi connectivity index (χ4v) is 19.6. The summed E-state index contributed by atoms with van der Waals surface area (Å²) in [4.78, 5) is 4.61. The molecule has 119 heavy (non-hydrogen) atoms. The third kappa shape index (κ3) is 11.0. The van der Waals surface area contributed by atoms with Crippen molar-refractivity contribution in [2.45, 2.75) is 78.6 Å². The average Bonchev–Trinajstić information content (AvgIpc) is 1.64. The lowest BCUT2D eigenvalue weighted by Crippen LogP contribution is -2.61. The Morgan fingerprint density at radius 2 is 0.496 bits per heavy atom. The summed E-state index contributed by atoms with van der Waals surface area (Å²) in [5, 5.41) is 8.85. The maximum atomic E-state index is 11.7. The second-order valence-corrected chi connectivity index (χ2v) is 35.8. The number of rotatable bonds is 10. The number of nitrogens with zero attached hydrogens (tertiary/aromatic N) is 4. The Morgan fingerprint density at radius 3 is 0.807 bits per heavy atom. The Morgan fingerprint density at radius 1 is 0.235 bits per heavy atom. The molecular formula is C114H87BN4. The number of benzene rings is 17. The molecule has 0 aliphatic carbocycles. The third-order valence-electron chi connectivity index (χ3n) is 25.6. The van der Waals surface area contributed by atoms with Crippen LogP contribution >= 0.6 is 0 Å². The van der Waals surface area contributed by atoms with Gasteiger partial charge in [-0.3, -0.25) is 0 Å². The van der Waals surface area contributed by atoms with E-state index in [0.717, 1.165) is 176 Å². The van der Waals surface area contributed by atoms with E-state index >= 15 is 0 Å². The molecule has 0 saturated heterocycles. The Bertz CT molecular complexity index is 7600. The summed E-state index contributed by atoms with van der Waals surface area (Å²) in [6.45, 7) is 19.4. The van der Waals surface area contributed by atoms with Gasteiger partial charge in [0.15, 0.2) is 0 Å². The van der Waals surface area contributed by atoms with Gasteiger partial charge in [-0.15, -0.1) is 0 Å². The molecule has 0 N–H and O–H groups in total. The van der Waals surface area contributed by atoms with Gasteiger partial charge in [-0.1, -0.05) is 329 Å². The summed E-state index contributed by atoms with van der Waals surface area (Å²) in [7, 11) is 0. The quantitative estimate of drug-likeness (QED) is 0.127. The van der Waals surface area contributed by atoms with Crippen molar-refractivity contribution in [3.8, 4) is 89.0 Å². The van der Waals surface area contributed by atoms with E-state index < -0.39 is 23.0 Å². The lowest BCUT2D eigenvalue weighted by molar-refractivity contribution is 0.590. The van der Waals surface area contributed by atoms with Crippen LogP contribution < -0.4 is 26.2 Å². The molecule has 4 aromatic heterocycles. The molecule has 0 radical (unpaired) electrons. The fraction of sp³-hybridized carbons (Fsp3) is 0.105. The van der Waals surface area contributed by atoms with E-state index in [1.165, 1.54) is 0 Å². The third-order valence-corrected chi connectivity index (χ3v) is 25.6. The van der Waals surface area contributed by atoms with Gasteiger partial charge in [0, 0.05) is 88.1 Å². The number of anilines is 6. The highest BCUT2D eigenvalue weighted by Crippen LogP contribution is 2.58. The lowest BCUT2D eigenvalue weighted by Gasteiger charge is -2.47. The molecule has 0 atom stereocenters. The van der Waals surface area contributed by atoms with Crippen molar-refractivity contribution in [2.24, 2.45) is 0 Å². The molecule has 0 spiro atoms. The lowest BCUT2D eigenvalue weighted by atomic mass is 9.33. The van der Waals surface area contributed by atoms with E-state index in [1.807, 2.05) is 72.8 Å². The van der Waals surface area contributed by atoms with Gasteiger partial charge < -0.3 is 18.6 Å². The highest BCUT2D eigenvalue weighted by Gasteiger charge is 2.47. The van der Waals surface area contributed by atoms with E-state index in [2.05, 4.69) is 336 Å². The van der Waals surface area contributed by atoms with Gasteiger partial charge in [0.2, 0.25) is 0 Å². The molecular weight excluding hydrogens is 1440 g/mol. The predicted molar refractivity (Wildman–Crippen MR) is 509 cm³/mol. The molecule has 5 heteroatoms. The highest BCUT2D eigenvalue weighted by molar-refractivity contribution is 7.00. The van der Waals surface area contributed by atoms with Crippen molar-refractivity contribution in [1.29, 1.82) is 0 Å². The zero-order valence-electron chi connectivity index (χ0n) is 74.0. The Kier molecular flexibility index (Phi) is 14.2. The molecule has 23 rings (SSSR count). The van der Waals surface area contributed by atoms with Crippen LogP contribution in [0.2, 0.25) is 0 Å². The molecule has 2 aliphatic rings. The van der Waals surface area contributed by atoms with Crippen molar-refractivity contribution >= 4 is 133 Å². The Labute approximate surface area is 704 Å². The molecule has 17 aromatic carbocycles. The zero-order valence-corrected chi connectivity index (χ0v) is 68.0. The number of para-hydroxylation sites is 4. The minimum Gasteiger partial charge on any atom is -0.310 e. The summed E-state index contributed by atoms with van der Waals surface area (Å²) in [5.41, 5.74) is 26.6. The Hall–Kier alpha value is -14.0. The smallest absolute Gasteiger partial charge is 0.252 e. The van der Waals surface area contributed by atoms with E-state index in [0.29, 0.717) is 44.8 Å². The maximum absolute atomic E-state index is 11.7. The van der Waals surface area contributed by atoms with Gasteiger partial charge in [-0.25, -0.2) is 0 Å². The molecule has 0 unspecified atom stereocenters. The summed E-state index contributed by atoms with van der Waals surface area (Å²) < 4.78 is 73.1. The van der Waals surface area contributed by atoms with Crippen LogP contribution in [-0.4, -0.2) is 15.5 Å². The van der Waals surface area contributed by atoms with Gasteiger partial charge in [0.1, 0.15) is 0 Å². The van der Waals surface area contributed by atoms with Crippen molar-refractivity contribution in [1.82, 2.24) is 8.80 Å². The summed E-state index contributed by atoms with van der Waals surface area (Å²) in [6, 6.07) is 117. The van der Waals surface area contributed by atoms with Crippen LogP contribution in [0.15, 0.2) is 364 Å². The number of aromatic nitrogens is 2. The van der Waals surface area contributed by atoms with E-state index in [1.54, 1.807) is 0 Å². The molecule has 2 aliphatic heterocycles. The van der Waals surface area contributed by atoms with E-state index in [-0.39, 0.29) is 47.4 Å². The van der Waals surface area contributed by atoms with Crippen LogP contribution in [0.3, 0.4) is 0 Å². The van der Waals surface area contributed by atoms with Crippen LogP contribution in [0.5, 0.6) is 0 Å². The van der Waals surface area contributed by atoms with Gasteiger partial charge in [-0.2, -0.15) is 0 Å². The number of fused-ring (bicyclic) bond motifs is 16. The fourth-order valence-electron chi connectivity index (χ4n) is 19.6. The van der Waals surface area contributed by atoms with Gasteiger partial charge in [0.05, 0.1) is 52.7 Å². The molecule has 566 valence electrons. The molecule has 0 fully saturated rings. The molecule has 0 bridgehead atoms. The standard InChI is InChI=1S/C114H87BN4/c1-112(2,3)82-64-89(76-50-46-74(47-51-76)70-30-14-10-15-31-70)108(90(65-82)77-52-48-75(49-53-77)71-32-16-11-17-33-71)118-103-56-54-78(72-34-18-12-19-35-72)62-97(103)115-98-63-79(73-36-20-13-21-37-73)55-57-104(98)119(106-69-84(114(7,8)9)68-105(118)107(106)115)109-91(80-58-93-85-38-22-26-42-99(85)116-100-43-27-23-39-86(100)94(59-80)110(93)116)66-83(113(4,5)6)67-92(109)81-60-95-87-40-24-28-44-101(87)117-102-45-29-25-41-88(102)96(61-81)111(95)117/h10-69H,1-9H3/i54D,55D,56D,57D,62D,63D. The van der Waals surface area contributed by atoms with Crippen molar-refractivity contribution in [3.05, 3.63) is 381 Å². The van der Waals surface area contributed by atoms with E-state index in [4.69, 9.17) is 0 Å². The second kappa shape index (κ2) is 26.3. The number of hydrogen-bond donors (Lipinski definition) is 0. The molecule has 0 saturated carbocycles. The highest BCUT2D eigenvalue weighted by atomic mass is 15.2. The minimum absolute atomic E-state index is 0.0283. The summed E-state index contributed by atoms with van der Waals surface area (Å²) in [6.07, 6.45) is 0. The maximum Gasteiger partial charge on any atom is 0.252 e. The average molecular weight is 1530 g/mol. The van der Waals surface area contributed by atoms with Crippen LogP contribution in [0.25, 0.3) is 165 Å². The van der Waals surface area contributed by atoms with Crippen molar-refractivity contribution < 1.29 is 8.22 Å². The molecule has 6 heterocycles. The SMILES string of the molecule is [2H]c1c([2H])c2c(c([2H])c1-c1ccccc1)B1c3c(cc(C(C)(C)C)cc3N(c3c(-c4cc5c6ccccc6n6c7ccccc7c(c4)c56)cc(C(C)(C)C)cc3-c3cc4c5ccccc5n5c6ccccc6c(c3)c45)c3c([2H])c([2H])c(-c4ccccc4)c([2H])c31)N2c1c(-c2ccc(-c3ccccc3)cc2)cc(C(C)(C)C)cc1-c1ccc(-c2ccccc2)cc1. The molecule has 4 nitrogen and oxygen atoms in total. The van der Waals surface area contributed by atoms with Gasteiger partial charge >= 0.3 is 0 Å². The topological polar surface area (TPSA) is 15.3 Å². The molecule has 21 aromatic rings. The largest absolute Gasteiger partial charge is 0.310 e. The first kappa shape index (κ1) is 64.2. The first-order valence-electron chi connectivity index (χ1n) is 44.7.